The van der Waals surface area contributed by atoms with E-state index < -0.39 is 0 Å². The molecule has 0 bridgehead atoms. The highest BCUT2D eigenvalue weighted by atomic mass is 14.7. The van der Waals surface area contributed by atoms with E-state index in [9.17, 15) is 0 Å². The van der Waals surface area contributed by atoms with Crippen molar-refractivity contribution in [3.05, 3.63) is 66.6 Å². The molecule has 2 aromatic heterocycles. The summed E-state index contributed by atoms with van der Waals surface area (Å²) in [5.74, 6) is 0. The molecule has 2 nitrogen and oxygen atoms in total. The van der Waals surface area contributed by atoms with Crippen LogP contribution in [0.15, 0.2) is 48.9 Å². The highest BCUT2D eigenvalue weighted by Gasteiger charge is 1.95. The normalized spacial score (nSPS) is 10.0. The van der Waals surface area contributed by atoms with Crippen LogP contribution >= 0.6 is 0 Å². The summed E-state index contributed by atoms with van der Waals surface area (Å²) in [7, 11) is 0. The average molecular weight is 183 g/mol. The van der Waals surface area contributed by atoms with Gasteiger partial charge in [0.2, 0.25) is 0 Å². The summed E-state index contributed by atoms with van der Waals surface area (Å²) in [5, 5.41) is 0. The van der Waals surface area contributed by atoms with E-state index in [0.717, 1.165) is 17.7 Å². The standard InChI is InChI=1S/C12H11N2/c1-2-9-14-12(5-1)7-6-11-4-3-8-13-10-11/h1-6,8-10H,7H2. The van der Waals surface area contributed by atoms with Gasteiger partial charge in [-0.1, -0.05) is 12.1 Å². The maximum absolute atomic E-state index is 4.24. The van der Waals surface area contributed by atoms with E-state index in [0.29, 0.717) is 0 Å². The number of aromatic nitrogens is 2. The van der Waals surface area contributed by atoms with Gasteiger partial charge in [0.15, 0.2) is 0 Å². The predicted molar refractivity (Wildman–Crippen MR) is 55.6 cm³/mol. The summed E-state index contributed by atoms with van der Waals surface area (Å²) < 4.78 is 0. The zero-order valence-electron chi connectivity index (χ0n) is 7.80. The van der Waals surface area contributed by atoms with Crippen molar-refractivity contribution in [1.29, 1.82) is 0 Å². The molecule has 0 unspecified atom stereocenters. The molecular formula is C12H11N2. The van der Waals surface area contributed by atoms with Crippen molar-refractivity contribution in [2.24, 2.45) is 0 Å². The molecule has 0 atom stereocenters. The first kappa shape index (κ1) is 8.88. The highest BCUT2D eigenvalue weighted by Crippen LogP contribution is 2.05. The topological polar surface area (TPSA) is 25.8 Å². The van der Waals surface area contributed by atoms with E-state index >= 15 is 0 Å². The second kappa shape index (κ2) is 4.51. The summed E-state index contributed by atoms with van der Waals surface area (Å²) in [6.45, 7) is 0. The molecule has 0 fully saturated rings. The predicted octanol–water partition coefficient (Wildman–Crippen LogP) is 2.27. The van der Waals surface area contributed by atoms with Crippen LogP contribution in [0.1, 0.15) is 11.3 Å². The van der Waals surface area contributed by atoms with Crippen molar-refractivity contribution in [2.45, 2.75) is 6.42 Å². The molecule has 2 heteroatoms. The molecule has 0 saturated heterocycles. The number of pyridine rings is 2. The lowest BCUT2D eigenvalue weighted by Crippen LogP contribution is -1.91. The van der Waals surface area contributed by atoms with Gasteiger partial charge in [-0.2, -0.15) is 0 Å². The summed E-state index contributed by atoms with van der Waals surface area (Å²) >= 11 is 0. The lowest BCUT2D eigenvalue weighted by molar-refractivity contribution is 1.05. The fourth-order valence-electron chi connectivity index (χ4n) is 1.24. The van der Waals surface area contributed by atoms with Gasteiger partial charge in [0.1, 0.15) is 0 Å². The molecule has 69 valence electrons. The molecule has 2 aromatic rings. The molecule has 2 rings (SSSR count). The van der Waals surface area contributed by atoms with Gasteiger partial charge in [0.25, 0.3) is 0 Å². The number of hydrogen-bond acceptors (Lipinski definition) is 2. The zero-order chi connectivity index (χ0) is 9.64. The third kappa shape index (κ3) is 2.39. The van der Waals surface area contributed by atoms with E-state index in [1.807, 2.05) is 42.7 Å². The molecule has 0 spiro atoms. The Labute approximate surface area is 83.7 Å². The Balaban J connectivity index is 1.96. The van der Waals surface area contributed by atoms with Gasteiger partial charge < -0.3 is 0 Å². The Hall–Kier alpha value is -1.70. The lowest BCUT2D eigenvalue weighted by atomic mass is 10.1. The van der Waals surface area contributed by atoms with Crippen molar-refractivity contribution >= 4 is 0 Å². The molecular weight excluding hydrogens is 172 g/mol. The van der Waals surface area contributed by atoms with Gasteiger partial charge in [-0.15, -0.1) is 0 Å². The van der Waals surface area contributed by atoms with Gasteiger partial charge in [-0.3, -0.25) is 9.97 Å². The van der Waals surface area contributed by atoms with E-state index in [1.165, 1.54) is 0 Å². The number of rotatable bonds is 3. The molecule has 0 amide bonds. The quantitative estimate of drug-likeness (QED) is 0.729. The Morgan fingerprint density at radius 3 is 2.79 bits per heavy atom. The van der Waals surface area contributed by atoms with Crippen molar-refractivity contribution in [3.63, 3.8) is 0 Å². The Morgan fingerprint density at radius 1 is 1.07 bits per heavy atom. The largest absolute Gasteiger partial charge is 0.264 e. The monoisotopic (exact) mass is 183 g/mol. The Kier molecular flexibility index (Phi) is 2.86. The molecule has 2 heterocycles. The molecule has 0 aliphatic rings. The molecule has 1 radical (unpaired) electrons. The molecule has 0 aliphatic heterocycles. The summed E-state index contributed by atoms with van der Waals surface area (Å²) in [6, 6.07) is 9.92. The van der Waals surface area contributed by atoms with Crippen molar-refractivity contribution in [1.82, 2.24) is 9.97 Å². The minimum absolute atomic E-state index is 0.854. The van der Waals surface area contributed by atoms with Crippen LogP contribution in [-0.2, 0) is 6.42 Å². The van der Waals surface area contributed by atoms with Crippen LogP contribution in [0.3, 0.4) is 0 Å². The molecule has 0 aromatic carbocycles. The van der Waals surface area contributed by atoms with Crippen molar-refractivity contribution in [3.8, 4) is 0 Å². The zero-order valence-corrected chi connectivity index (χ0v) is 7.80. The average Bonchev–Trinajstić information content (AvgIpc) is 2.29. The van der Waals surface area contributed by atoms with E-state index in [-0.39, 0.29) is 0 Å². The molecule has 14 heavy (non-hydrogen) atoms. The van der Waals surface area contributed by atoms with Gasteiger partial charge in [0.05, 0.1) is 0 Å². The fraction of sp³-hybridized carbons (Fsp3) is 0.0833. The first-order valence-corrected chi connectivity index (χ1v) is 4.58. The maximum atomic E-state index is 4.24. The third-order valence-corrected chi connectivity index (χ3v) is 1.96. The van der Waals surface area contributed by atoms with Crippen molar-refractivity contribution in [2.75, 3.05) is 0 Å². The SMILES string of the molecule is [CH](Cc1ccccn1)c1cccnc1. The fourth-order valence-corrected chi connectivity index (χ4v) is 1.24. The summed E-state index contributed by atoms with van der Waals surface area (Å²) in [5.41, 5.74) is 2.22. The van der Waals surface area contributed by atoms with Gasteiger partial charge in [-0.05, 0) is 36.6 Å². The van der Waals surface area contributed by atoms with E-state index in [2.05, 4.69) is 16.4 Å². The second-order valence-electron chi connectivity index (χ2n) is 3.02. The third-order valence-electron chi connectivity index (χ3n) is 1.96. The Bertz CT molecular complexity index is 331. The van der Waals surface area contributed by atoms with Gasteiger partial charge in [-0.25, -0.2) is 0 Å². The van der Waals surface area contributed by atoms with Crippen molar-refractivity contribution < 1.29 is 0 Å². The summed E-state index contributed by atoms with van der Waals surface area (Å²) in [6.07, 6.45) is 8.41. The van der Waals surface area contributed by atoms with Crippen LogP contribution in [0.4, 0.5) is 0 Å². The summed E-state index contributed by atoms with van der Waals surface area (Å²) in [4.78, 5) is 8.29. The van der Waals surface area contributed by atoms with Crippen LogP contribution in [0.25, 0.3) is 0 Å². The second-order valence-corrected chi connectivity index (χ2v) is 3.02. The van der Waals surface area contributed by atoms with Crippen LogP contribution in [0, 0.1) is 6.42 Å². The first-order chi connectivity index (χ1) is 6.95. The smallest absolute Gasteiger partial charge is 0.0409 e. The minimum Gasteiger partial charge on any atom is -0.264 e. The number of hydrogen-bond donors (Lipinski definition) is 0. The van der Waals surface area contributed by atoms with Crippen LogP contribution in [0.2, 0.25) is 0 Å². The Morgan fingerprint density at radius 2 is 2.07 bits per heavy atom. The minimum atomic E-state index is 0.854. The molecule has 0 N–H and O–H groups in total. The highest BCUT2D eigenvalue weighted by molar-refractivity contribution is 5.21. The molecule has 0 saturated carbocycles. The van der Waals surface area contributed by atoms with Crippen LogP contribution in [0.5, 0.6) is 0 Å². The van der Waals surface area contributed by atoms with E-state index in [1.54, 1.807) is 6.20 Å². The van der Waals surface area contributed by atoms with Crippen LogP contribution < -0.4 is 0 Å². The van der Waals surface area contributed by atoms with Gasteiger partial charge >= 0.3 is 0 Å². The first-order valence-electron chi connectivity index (χ1n) is 4.58. The molecule has 0 aliphatic carbocycles. The van der Waals surface area contributed by atoms with E-state index in [4.69, 9.17) is 0 Å². The van der Waals surface area contributed by atoms with Gasteiger partial charge in [0, 0.05) is 24.3 Å². The maximum Gasteiger partial charge on any atom is 0.0409 e. The van der Waals surface area contributed by atoms with Crippen LogP contribution in [-0.4, -0.2) is 9.97 Å². The lowest BCUT2D eigenvalue weighted by Gasteiger charge is -1.99. The number of nitrogens with zero attached hydrogens (tertiary/aromatic N) is 2.